The molecule has 2 heterocycles. The summed E-state index contributed by atoms with van der Waals surface area (Å²) in [6.07, 6.45) is 1.55. The van der Waals surface area contributed by atoms with Crippen molar-refractivity contribution in [3.63, 3.8) is 0 Å². The molecular formula is C15H18N4O2. The molecule has 0 aliphatic carbocycles. The van der Waals surface area contributed by atoms with Gasteiger partial charge in [0.1, 0.15) is 17.7 Å². The van der Waals surface area contributed by atoms with E-state index in [1.807, 2.05) is 38.2 Å². The van der Waals surface area contributed by atoms with Crippen molar-refractivity contribution in [3.05, 3.63) is 42.2 Å². The van der Waals surface area contributed by atoms with Gasteiger partial charge in [-0.05, 0) is 19.1 Å². The predicted molar refractivity (Wildman–Crippen MR) is 79.0 cm³/mol. The van der Waals surface area contributed by atoms with Gasteiger partial charge in [-0.25, -0.2) is 4.98 Å². The number of ether oxygens (including phenoxy) is 1. The first-order valence-electron chi connectivity index (χ1n) is 6.82. The van der Waals surface area contributed by atoms with Crippen LogP contribution in [-0.4, -0.2) is 21.9 Å². The standard InChI is InChI=1S/C15H18N4O2/c1-10(15-17-9-18-19(15)2)16-8-13-14(20-3)11-6-4-5-7-12(11)21-13/h4-7,9-10,16H,8H2,1-3H3. The molecule has 0 amide bonds. The fourth-order valence-corrected chi connectivity index (χ4v) is 2.45. The lowest BCUT2D eigenvalue weighted by Crippen LogP contribution is -2.21. The van der Waals surface area contributed by atoms with Crippen molar-refractivity contribution in [1.82, 2.24) is 20.1 Å². The Balaban J connectivity index is 1.80. The van der Waals surface area contributed by atoms with Crippen molar-refractivity contribution in [1.29, 1.82) is 0 Å². The molecule has 21 heavy (non-hydrogen) atoms. The third-order valence-corrected chi connectivity index (χ3v) is 3.52. The van der Waals surface area contributed by atoms with Crippen LogP contribution >= 0.6 is 0 Å². The van der Waals surface area contributed by atoms with Crippen LogP contribution in [0, 0.1) is 0 Å². The number of aromatic nitrogens is 3. The van der Waals surface area contributed by atoms with Gasteiger partial charge in [0.15, 0.2) is 11.5 Å². The molecule has 0 fully saturated rings. The van der Waals surface area contributed by atoms with Crippen LogP contribution in [0.2, 0.25) is 0 Å². The third kappa shape index (κ3) is 2.50. The Labute approximate surface area is 122 Å². The first-order chi connectivity index (χ1) is 10.2. The highest BCUT2D eigenvalue weighted by molar-refractivity contribution is 5.85. The summed E-state index contributed by atoms with van der Waals surface area (Å²) >= 11 is 0. The number of aryl methyl sites for hydroxylation is 1. The molecule has 0 bridgehead atoms. The Bertz CT molecular complexity index is 747. The van der Waals surface area contributed by atoms with Crippen molar-refractivity contribution < 1.29 is 9.15 Å². The number of hydrogen-bond acceptors (Lipinski definition) is 5. The number of nitrogens with one attached hydrogen (secondary N) is 1. The minimum absolute atomic E-state index is 0.0652. The van der Waals surface area contributed by atoms with Crippen LogP contribution in [0.3, 0.4) is 0 Å². The summed E-state index contributed by atoms with van der Waals surface area (Å²) in [7, 11) is 3.54. The molecule has 1 N–H and O–H groups in total. The van der Waals surface area contributed by atoms with E-state index in [9.17, 15) is 0 Å². The number of para-hydroxylation sites is 1. The highest BCUT2D eigenvalue weighted by Crippen LogP contribution is 2.32. The van der Waals surface area contributed by atoms with E-state index in [4.69, 9.17) is 9.15 Å². The van der Waals surface area contributed by atoms with Crippen LogP contribution in [-0.2, 0) is 13.6 Å². The molecule has 0 radical (unpaired) electrons. The third-order valence-electron chi connectivity index (χ3n) is 3.52. The summed E-state index contributed by atoms with van der Waals surface area (Å²) in [4.78, 5) is 4.24. The van der Waals surface area contributed by atoms with Gasteiger partial charge >= 0.3 is 0 Å². The van der Waals surface area contributed by atoms with E-state index in [0.717, 1.165) is 28.3 Å². The van der Waals surface area contributed by atoms with Crippen molar-refractivity contribution in [2.45, 2.75) is 19.5 Å². The maximum absolute atomic E-state index is 5.86. The lowest BCUT2D eigenvalue weighted by atomic mass is 10.2. The van der Waals surface area contributed by atoms with Crippen LogP contribution in [0.1, 0.15) is 24.6 Å². The number of nitrogens with zero attached hydrogens (tertiary/aromatic N) is 3. The highest BCUT2D eigenvalue weighted by Gasteiger charge is 2.16. The topological polar surface area (TPSA) is 65.1 Å². The fourth-order valence-electron chi connectivity index (χ4n) is 2.45. The van der Waals surface area contributed by atoms with Gasteiger partial charge in [0, 0.05) is 7.05 Å². The number of furan rings is 1. The van der Waals surface area contributed by atoms with Crippen LogP contribution in [0.25, 0.3) is 11.0 Å². The Morgan fingerprint density at radius 1 is 1.38 bits per heavy atom. The number of hydrogen-bond donors (Lipinski definition) is 1. The molecule has 2 aromatic heterocycles. The fraction of sp³-hybridized carbons (Fsp3) is 0.333. The number of benzene rings is 1. The summed E-state index contributed by atoms with van der Waals surface area (Å²) in [5.74, 6) is 2.45. The first kappa shape index (κ1) is 13.6. The van der Waals surface area contributed by atoms with Crippen LogP contribution in [0.15, 0.2) is 35.0 Å². The van der Waals surface area contributed by atoms with Gasteiger partial charge in [-0.1, -0.05) is 12.1 Å². The molecule has 110 valence electrons. The molecule has 1 atom stereocenters. The molecular weight excluding hydrogens is 268 g/mol. The second-order valence-electron chi connectivity index (χ2n) is 4.90. The Morgan fingerprint density at radius 3 is 2.90 bits per heavy atom. The SMILES string of the molecule is COc1c(CNC(C)c2ncnn2C)oc2ccccc12. The van der Waals surface area contributed by atoms with E-state index in [-0.39, 0.29) is 6.04 Å². The molecule has 0 saturated heterocycles. The monoisotopic (exact) mass is 286 g/mol. The normalized spacial score (nSPS) is 12.7. The van der Waals surface area contributed by atoms with E-state index in [1.165, 1.54) is 0 Å². The van der Waals surface area contributed by atoms with Gasteiger partial charge in [0.05, 0.1) is 25.1 Å². The number of rotatable bonds is 5. The Morgan fingerprint density at radius 2 is 2.19 bits per heavy atom. The molecule has 1 unspecified atom stereocenters. The molecule has 3 aromatic rings. The zero-order valence-electron chi connectivity index (χ0n) is 12.3. The van der Waals surface area contributed by atoms with Gasteiger partial charge in [-0.2, -0.15) is 5.10 Å². The minimum Gasteiger partial charge on any atom is -0.492 e. The number of methoxy groups -OCH3 is 1. The Hall–Kier alpha value is -2.34. The molecule has 3 rings (SSSR count). The molecule has 1 aromatic carbocycles. The van der Waals surface area contributed by atoms with Gasteiger partial charge in [-0.15, -0.1) is 0 Å². The summed E-state index contributed by atoms with van der Waals surface area (Å²) in [5, 5.41) is 8.45. The lowest BCUT2D eigenvalue weighted by molar-refractivity contribution is 0.384. The molecule has 6 nitrogen and oxygen atoms in total. The molecule has 6 heteroatoms. The van der Waals surface area contributed by atoms with E-state index in [1.54, 1.807) is 18.1 Å². The van der Waals surface area contributed by atoms with Gasteiger partial charge in [0.2, 0.25) is 0 Å². The van der Waals surface area contributed by atoms with E-state index < -0.39 is 0 Å². The first-order valence-corrected chi connectivity index (χ1v) is 6.82. The minimum atomic E-state index is 0.0652. The summed E-state index contributed by atoms with van der Waals surface area (Å²) in [6, 6.07) is 7.92. The second-order valence-corrected chi connectivity index (χ2v) is 4.90. The van der Waals surface area contributed by atoms with Crippen molar-refractivity contribution >= 4 is 11.0 Å². The summed E-state index contributed by atoms with van der Waals surface area (Å²) in [5.41, 5.74) is 0.831. The lowest BCUT2D eigenvalue weighted by Gasteiger charge is -2.12. The maximum Gasteiger partial charge on any atom is 0.169 e. The van der Waals surface area contributed by atoms with Gasteiger partial charge in [-0.3, -0.25) is 4.68 Å². The van der Waals surface area contributed by atoms with Crippen molar-refractivity contribution in [2.24, 2.45) is 7.05 Å². The zero-order valence-corrected chi connectivity index (χ0v) is 12.3. The van der Waals surface area contributed by atoms with E-state index in [2.05, 4.69) is 15.4 Å². The van der Waals surface area contributed by atoms with E-state index >= 15 is 0 Å². The van der Waals surface area contributed by atoms with Crippen molar-refractivity contribution in [3.8, 4) is 5.75 Å². The summed E-state index contributed by atoms with van der Waals surface area (Å²) < 4.78 is 13.1. The van der Waals surface area contributed by atoms with Crippen LogP contribution in [0.4, 0.5) is 0 Å². The average Bonchev–Trinajstić information content (AvgIpc) is 3.07. The summed E-state index contributed by atoms with van der Waals surface area (Å²) in [6.45, 7) is 2.60. The van der Waals surface area contributed by atoms with Gasteiger partial charge in [0.25, 0.3) is 0 Å². The maximum atomic E-state index is 5.86. The highest BCUT2D eigenvalue weighted by atomic mass is 16.5. The van der Waals surface area contributed by atoms with Crippen LogP contribution < -0.4 is 10.1 Å². The smallest absolute Gasteiger partial charge is 0.169 e. The largest absolute Gasteiger partial charge is 0.492 e. The number of fused-ring (bicyclic) bond motifs is 1. The van der Waals surface area contributed by atoms with Gasteiger partial charge < -0.3 is 14.5 Å². The van der Waals surface area contributed by atoms with Crippen molar-refractivity contribution in [2.75, 3.05) is 7.11 Å². The second kappa shape index (κ2) is 5.57. The molecule has 0 aliphatic rings. The average molecular weight is 286 g/mol. The quantitative estimate of drug-likeness (QED) is 0.780. The zero-order chi connectivity index (χ0) is 14.8. The molecule has 0 aliphatic heterocycles. The predicted octanol–water partition coefficient (Wildman–Crippen LogP) is 2.42. The molecule has 0 spiro atoms. The molecule has 0 saturated carbocycles. The Kier molecular flexibility index (Phi) is 3.62. The van der Waals surface area contributed by atoms with Crippen LogP contribution in [0.5, 0.6) is 5.75 Å². The van der Waals surface area contributed by atoms with E-state index in [0.29, 0.717) is 6.54 Å².